The van der Waals surface area contributed by atoms with Crippen molar-refractivity contribution < 1.29 is 9.59 Å². The van der Waals surface area contributed by atoms with Crippen LogP contribution >= 0.6 is 0 Å². The highest BCUT2D eigenvalue weighted by Gasteiger charge is 2.50. The number of amides is 2. The number of piperidine rings is 1. The molecule has 4 heteroatoms. The number of benzene rings is 1. The monoisotopic (exact) mass is 314 g/mol. The van der Waals surface area contributed by atoms with Crippen LogP contribution in [0.2, 0.25) is 0 Å². The number of hydrogen-bond donors (Lipinski definition) is 0. The summed E-state index contributed by atoms with van der Waals surface area (Å²) in [5.41, 5.74) is 0.876. The highest BCUT2D eigenvalue weighted by atomic mass is 16.2. The molecule has 0 bridgehead atoms. The van der Waals surface area contributed by atoms with Crippen LogP contribution in [0.1, 0.15) is 45.1 Å². The molecule has 23 heavy (non-hydrogen) atoms. The zero-order chi connectivity index (χ0) is 16.4. The van der Waals surface area contributed by atoms with Gasteiger partial charge in [0.2, 0.25) is 11.8 Å². The molecule has 2 amide bonds. The molecule has 0 radical (unpaired) electrons. The summed E-state index contributed by atoms with van der Waals surface area (Å²) in [6.07, 6.45) is 3.59. The molecule has 2 heterocycles. The van der Waals surface area contributed by atoms with Gasteiger partial charge >= 0.3 is 0 Å². The molecule has 1 unspecified atom stereocenters. The maximum absolute atomic E-state index is 12.6. The number of likely N-dealkylation sites (tertiary alicyclic amines) is 2. The Morgan fingerprint density at radius 1 is 1.22 bits per heavy atom. The van der Waals surface area contributed by atoms with Gasteiger partial charge < -0.3 is 9.80 Å². The van der Waals surface area contributed by atoms with E-state index in [0.29, 0.717) is 19.5 Å². The van der Waals surface area contributed by atoms with Gasteiger partial charge in [0.15, 0.2) is 0 Å². The zero-order valence-electron chi connectivity index (χ0n) is 14.1. The normalized spacial score (nSPS) is 24.7. The molecule has 1 atom stereocenters. The highest BCUT2D eigenvalue weighted by molar-refractivity contribution is 5.84. The van der Waals surface area contributed by atoms with E-state index >= 15 is 0 Å². The zero-order valence-corrected chi connectivity index (χ0v) is 14.1. The second-order valence-electron chi connectivity index (χ2n) is 7.24. The lowest BCUT2D eigenvalue weighted by Crippen LogP contribution is -2.57. The smallest absolute Gasteiger partial charge is 0.225 e. The largest absolute Gasteiger partial charge is 0.336 e. The van der Waals surface area contributed by atoms with E-state index in [-0.39, 0.29) is 23.3 Å². The van der Waals surface area contributed by atoms with Crippen molar-refractivity contribution in [2.45, 2.75) is 51.6 Å². The number of hydrogen-bond acceptors (Lipinski definition) is 2. The van der Waals surface area contributed by atoms with Crippen molar-refractivity contribution in [1.29, 1.82) is 0 Å². The Balaban J connectivity index is 1.79. The van der Waals surface area contributed by atoms with E-state index in [1.54, 1.807) is 0 Å². The van der Waals surface area contributed by atoms with Crippen molar-refractivity contribution in [3.05, 3.63) is 35.9 Å². The van der Waals surface area contributed by atoms with Gasteiger partial charge in [0.1, 0.15) is 0 Å². The molecule has 0 aromatic heterocycles. The van der Waals surface area contributed by atoms with Gasteiger partial charge in [-0.3, -0.25) is 9.59 Å². The van der Waals surface area contributed by atoms with Crippen molar-refractivity contribution >= 4 is 11.8 Å². The van der Waals surface area contributed by atoms with E-state index < -0.39 is 0 Å². The van der Waals surface area contributed by atoms with Crippen molar-refractivity contribution in [2.24, 2.45) is 5.92 Å². The Morgan fingerprint density at radius 3 is 2.65 bits per heavy atom. The van der Waals surface area contributed by atoms with Gasteiger partial charge in [-0.1, -0.05) is 44.2 Å². The quantitative estimate of drug-likeness (QED) is 0.861. The highest BCUT2D eigenvalue weighted by Crippen LogP contribution is 2.38. The van der Waals surface area contributed by atoms with E-state index in [2.05, 4.69) is 12.1 Å². The second kappa shape index (κ2) is 6.34. The summed E-state index contributed by atoms with van der Waals surface area (Å²) in [6, 6.07) is 10.1. The van der Waals surface area contributed by atoms with Crippen LogP contribution in [0.3, 0.4) is 0 Å². The Labute approximate surface area is 138 Å². The molecule has 2 saturated heterocycles. The lowest BCUT2D eigenvalue weighted by Gasteiger charge is -2.45. The molecule has 2 aliphatic heterocycles. The molecule has 1 aromatic carbocycles. The first kappa shape index (κ1) is 16.0. The minimum absolute atomic E-state index is 0.0109. The lowest BCUT2D eigenvalue weighted by atomic mass is 9.84. The van der Waals surface area contributed by atoms with Crippen LogP contribution in [-0.4, -0.2) is 40.2 Å². The Kier molecular flexibility index (Phi) is 4.42. The molecule has 1 spiro atoms. The van der Waals surface area contributed by atoms with E-state index in [9.17, 15) is 9.59 Å². The maximum Gasteiger partial charge on any atom is 0.225 e. The molecule has 0 aliphatic carbocycles. The summed E-state index contributed by atoms with van der Waals surface area (Å²) in [7, 11) is 0. The minimum Gasteiger partial charge on any atom is -0.336 e. The first-order valence-corrected chi connectivity index (χ1v) is 8.65. The third-order valence-electron chi connectivity index (χ3n) is 5.14. The molecule has 3 rings (SSSR count). The summed E-state index contributed by atoms with van der Waals surface area (Å²) in [6.45, 7) is 6.01. The summed E-state index contributed by atoms with van der Waals surface area (Å²) in [5, 5.41) is 0. The SMILES string of the molecule is CC(C)C(=O)N1CCCCC12CC(=O)N(Cc1ccccc1)C2. The first-order chi connectivity index (χ1) is 11.0. The number of carbonyl (C=O) groups is 2. The van der Waals surface area contributed by atoms with Crippen LogP contribution in [-0.2, 0) is 16.1 Å². The third kappa shape index (κ3) is 3.12. The molecule has 0 saturated carbocycles. The van der Waals surface area contributed by atoms with E-state index in [0.717, 1.165) is 31.4 Å². The summed E-state index contributed by atoms with van der Waals surface area (Å²) in [4.78, 5) is 29.2. The predicted octanol–water partition coefficient (Wildman–Crippen LogP) is 2.83. The average Bonchev–Trinajstić information content (AvgIpc) is 2.84. The number of nitrogens with zero attached hydrogens (tertiary/aromatic N) is 2. The van der Waals surface area contributed by atoms with Crippen molar-refractivity contribution in [1.82, 2.24) is 9.80 Å². The molecule has 124 valence electrons. The molecule has 2 aliphatic rings. The van der Waals surface area contributed by atoms with Gasteiger partial charge in [0, 0.05) is 25.6 Å². The predicted molar refractivity (Wildman–Crippen MR) is 89.6 cm³/mol. The Hall–Kier alpha value is -1.84. The standard InChI is InChI=1S/C19H26N2O2/c1-15(2)18(23)21-11-7-6-10-19(21)12-17(22)20(14-19)13-16-8-4-3-5-9-16/h3-5,8-9,15H,6-7,10-14H2,1-2H3. The fraction of sp³-hybridized carbons (Fsp3) is 0.579. The average molecular weight is 314 g/mol. The van der Waals surface area contributed by atoms with Crippen LogP contribution in [0, 0.1) is 5.92 Å². The van der Waals surface area contributed by atoms with Crippen molar-refractivity contribution in [3.63, 3.8) is 0 Å². The van der Waals surface area contributed by atoms with Crippen molar-refractivity contribution in [3.8, 4) is 0 Å². The molecular weight excluding hydrogens is 288 g/mol. The molecular formula is C19H26N2O2. The second-order valence-corrected chi connectivity index (χ2v) is 7.24. The van der Waals surface area contributed by atoms with Gasteiger partial charge in [-0.05, 0) is 24.8 Å². The van der Waals surface area contributed by atoms with Gasteiger partial charge in [-0.2, -0.15) is 0 Å². The summed E-state index contributed by atoms with van der Waals surface area (Å²) >= 11 is 0. The molecule has 2 fully saturated rings. The fourth-order valence-electron chi connectivity index (χ4n) is 3.94. The van der Waals surface area contributed by atoms with Crippen LogP contribution in [0.5, 0.6) is 0 Å². The van der Waals surface area contributed by atoms with Crippen LogP contribution in [0.15, 0.2) is 30.3 Å². The minimum atomic E-state index is -0.272. The Bertz CT molecular complexity index is 584. The van der Waals surface area contributed by atoms with Crippen LogP contribution < -0.4 is 0 Å². The van der Waals surface area contributed by atoms with E-state index in [1.807, 2.05) is 41.8 Å². The summed E-state index contributed by atoms with van der Waals surface area (Å²) in [5.74, 6) is 0.361. The van der Waals surface area contributed by atoms with Crippen molar-refractivity contribution in [2.75, 3.05) is 13.1 Å². The lowest BCUT2D eigenvalue weighted by molar-refractivity contribution is -0.143. The summed E-state index contributed by atoms with van der Waals surface area (Å²) < 4.78 is 0. The van der Waals surface area contributed by atoms with Crippen LogP contribution in [0.4, 0.5) is 0 Å². The van der Waals surface area contributed by atoms with Gasteiger partial charge in [0.25, 0.3) is 0 Å². The number of carbonyl (C=O) groups excluding carboxylic acids is 2. The van der Waals surface area contributed by atoms with E-state index in [4.69, 9.17) is 0 Å². The third-order valence-corrected chi connectivity index (χ3v) is 5.14. The fourth-order valence-corrected chi connectivity index (χ4v) is 3.94. The first-order valence-electron chi connectivity index (χ1n) is 8.65. The maximum atomic E-state index is 12.6. The van der Waals surface area contributed by atoms with Gasteiger partial charge in [-0.15, -0.1) is 0 Å². The molecule has 1 aromatic rings. The topological polar surface area (TPSA) is 40.6 Å². The Morgan fingerprint density at radius 2 is 1.96 bits per heavy atom. The molecule has 0 N–H and O–H groups in total. The van der Waals surface area contributed by atoms with E-state index in [1.165, 1.54) is 0 Å². The van der Waals surface area contributed by atoms with Crippen LogP contribution in [0.25, 0.3) is 0 Å². The van der Waals surface area contributed by atoms with Gasteiger partial charge in [0.05, 0.1) is 12.0 Å². The number of rotatable bonds is 3. The van der Waals surface area contributed by atoms with Gasteiger partial charge in [-0.25, -0.2) is 0 Å². The molecule has 4 nitrogen and oxygen atoms in total.